The largest absolute Gasteiger partial charge is 0.469 e. The third kappa shape index (κ3) is 5.92. The van der Waals surface area contributed by atoms with Crippen LogP contribution in [0.5, 0.6) is 0 Å². The van der Waals surface area contributed by atoms with Gasteiger partial charge in [0.05, 0.1) is 24.8 Å². The molecule has 3 N–H and O–H groups in total. The molecular weight excluding hydrogens is 470 g/mol. The van der Waals surface area contributed by atoms with Crippen LogP contribution in [0.3, 0.4) is 0 Å². The summed E-state index contributed by atoms with van der Waals surface area (Å²) in [4.78, 5) is 48.1. The smallest absolute Gasteiger partial charge is 0.309 e. The zero-order chi connectivity index (χ0) is 26.5. The Bertz CT molecular complexity index is 1410. The number of Topliss-reactive ketones (excluding diaryl/α,β-unsaturated/α-hetero) is 1. The molecule has 0 atom stereocenters. The van der Waals surface area contributed by atoms with Crippen molar-refractivity contribution >= 4 is 46.2 Å². The highest BCUT2D eigenvalue weighted by Crippen LogP contribution is 2.38. The molecule has 0 aromatic heterocycles. The second kappa shape index (κ2) is 10.9. The van der Waals surface area contributed by atoms with E-state index in [1.165, 1.54) is 21.0 Å². The van der Waals surface area contributed by atoms with E-state index in [4.69, 9.17) is 4.74 Å². The SMILES string of the molecule is COC(=O)Cc1ccc(NC(=C2C(=O)Nc3ccc(C(C)=O)cc32)c2ccc(CNC(C)=O)cc2)cc1. The number of carbonyl (C=O) groups excluding carboxylic acids is 4. The number of nitrogens with one attached hydrogen (secondary N) is 3. The summed E-state index contributed by atoms with van der Waals surface area (Å²) >= 11 is 0. The Morgan fingerprint density at radius 2 is 1.51 bits per heavy atom. The van der Waals surface area contributed by atoms with Crippen LogP contribution < -0.4 is 16.0 Å². The fraction of sp³-hybridized carbons (Fsp3) is 0.172. The second-order valence-electron chi connectivity index (χ2n) is 8.70. The molecule has 0 radical (unpaired) electrons. The van der Waals surface area contributed by atoms with Crippen LogP contribution in [0.1, 0.15) is 46.5 Å². The Labute approximate surface area is 214 Å². The van der Waals surface area contributed by atoms with Gasteiger partial charge in [0.1, 0.15) is 0 Å². The maximum atomic E-state index is 13.2. The number of methoxy groups -OCH3 is 1. The lowest BCUT2D eigenvalue weighted by Gasteiger charge is -2.16. The molecule has 1 heterocycles. The molecule has 0 unspecified atom stereocenters. The topological polar surface area (TPSA) is 114 Å². The molecule has 3 aromatic rings. The number of esters is 1. The van der Waals surface area contributed by atoms with Crippen molar-refractivity contribution in [2.45, 2.75) is 26.8 Å². The third-order valence-electron chi connectivity index (χ3n) is 6.00. The normalized spacial score (nSPS) is 13.3. The molecule has 0 saturated carbocycles. The van der Waals surface area contributed by atoms with Gasteiger partial charge in [0.15, 0.2) is 5.78 Å². The molecule has 3 aromatic carbocycles. The zero-order valence-corrected chi connectivity index (χ0v) is 20.8. The number of benzene rings is 3. The molecule has 2 amide bonds. The summed E-state index contributed by atoms with van der Waals surface area (Å²) in [7, 11) is 1.35. The van der Waals surface area contributed by atoms with Crippen molar-refractivity contribution in [3.63, 3.8) is 0 Å². The minimum absolute atomic E-state index is 0.0977. The highest BCUT2D eigenvalue weighted by atomic mass is 16.5. The Kier molecular flexibility index (Phi) is 7.48. The van der Waals surface area contributed by atoms with Gasteiger partial charge in [-0.2, -0.15) is 0 Å². The van der Waals surface area contributed by atoms with E-state index in [0.717, 1.165) is 16.7 Å². The molecule has 0 bridgehead atoms. The second-order valence-corrected chi connectivity index (χ2v) is 8.70. The maximum Gasteiger partial charge on any atom is 0.309 e. The summed E-state index contributed by atoms with van der Waals surface area (Å²) in [6.45, 7) is 3.34. The molecule has 1 aliphatic rings. The summed E-state index contributed by atoms with van der Waals surface area (Å²) in [6, 6.07) is 19.9. The van der Waals surface area contributed by atoms with Gasteiger partial charge in [-0.3, -0.25) is 19.2 Å². The predicted molar refractivity (Wildman–Crippen MR) is 142 cm³/mol. The number of anilines is 2. The van der Waals surface area contributed by atoms with Crippen LogP contribution >= 0.6 is 0 Å². The van der Waals surface area contributed by atoms with Gasteiger partial charge in [0.25, 0.3) is 5.91 Å². The van der Waals surface area contributed by atoms with E-state index in [1.807, 2.05) is 48.5 Å². The number of rotatable bonds is 8. The summed E-state index contributed by atoms with van der Waals surface area (Å²) in [5.41, 5.74) is 5.89. The highest BCUT2D eigenvalue weighted by molar-refractivity contribution is 6.37. The van der Waals surface area contributed by atoms with E-state index in [2.05, 4.69) is 16.0 Å². The van der Waals surface area contributed by atoms with E-state index < -0.39 is 0 Å². The first kappa shape index (κ1) is 25.4. The molecule has 0 spiro atoms. The first-order valence-electron chi connectivity index (χ1n) is 11.7. The lowest BCUT2D eigenvalue weighted by Crippen LogP contribution is -2.18. The van der Waals surface area contributed by atoms with Crippen molar-refractivity contribution in [2.24, 2.45) is 0 Å². The molecule has 8 nitrogen and oxygen atoms in total. The number of fused-ring (bicyclic) bond motifs is 1. The molecule has 0 fully saturated rings. The molecule has 37 heavy (non-hydrogen) atoms. The quantitative estimate of drug-likeness (QED) is 0.245. The summed E-state index contributed by atoms with van der Waals surface area (Å²) in [5.74, 6) is -0.838. The zero-order valence-electron chi connectivity index (χ0n) is 20.8. The Balaban J connectivity index is 1.77. The summed E-state index contributed by atoms with van der Waals surface area (Å²) in [6.07, 6.45) is 0.157. The predicted octanol–water partition coefficient (Wildman–Crippen LogP) is 4.17. The molecule has 188 valence electrons. The number of ketones is 1. The van der Waals surface area contributed by atoms with Crippen molar-refractivity contribution in [3.8, 4) is 0 Å². The average molecular weight is 498 g/mol. The van der Waals surface area contributed by atoms with Crippen molar-refractivity contribution in [1.29, 1.82) is 0 Å². The van der Waals surface area contributed by atoms with Gasteiger partial charge in [-0.15, -0.1) is 0 Å². The van der Waals surface area contributed by atoms with Crippen molar-refractivity contribution in [2.75, 3.05) is 17.7 Å². The fourth-order valence-corrected chi connectivity index (χ4v) is 4.02. The Morgan fingerprint density at radius 1 is 0.865 bits per heavy atom. The van der Waals surface area contributed by atoms with Crippen LogP contribution in [-0.4, -0.2) is 30.7 Å². The lowest BCUT2D eigenvalue weighted by molar-refractivity contribution is -0.139. The Morgan fingerprint density at radius 3 is 2.14 bits per heavy atom. The van der Waals surface area contributed by atoms with Crippen molar-refractivity contribution < 1.29 is 23.9 Å². The number of ether oxygens (including phenoxy) is 1. The van der Waals surface area contributed by atoms with Crippen LogP contribution in [0.25, 0.3) is 11.3 Å². The summed E-state index contributed by atoms with van der Waals surface area (Å²) < 4.78 is 4.73. The number of hydrogen-bond donors (Lipinski definition) is 3. The van der Waals surface area contributed by atoms with Gasteiger partial charge < -0.3 is 20.7 Å². The average Bonchev–Trinajstić information content (AvgIpc) is 3.22. The molecule has 1 aliphatic heterocycles. The minimum atomic E-state index is -0.330. The van der Waals surface area contributed by atoms with Gasteiger partial charge in [0.2, 0.25) is 5.91 Å². The highest BCUT2D eigenvalue weighted by Gasteiger charge is 2.29. The molecule has 0 aliphatic carbocycles. The third-order valence-corrected chi connectivity index (χ3v) is 6.00. The van der Waals surface area contributed by atoms with Crippen molar-refractivity contribution in [3.05, 3.63) is 94.5 Å². The van der Waals surface area contributed by atoms with Gasteiger partial charge in [-0.1, -0.05) is 36.4 Å². The van der Waals surface area contributed by atoms with E-state index >= 15 is 0 Å². The number of carbonyl (C=O) groups is 4. The molecule has 4 rings (SSSR count). The van der Waals surface area contributed by atoms with Crippen LogP contribution in [0.15, 0.2) is 66.7 Å². The molecular formula is C29H27N3O5. The van der Waals surface area contributed by atoms with Gasteiger partial charge in [-0.05, 0) is 53.9 Å². The molecule has 0 saturated heterocycles. The number of amides is 2. The minimum Gasteiger partial charge on any atom is -0.469 e. The van der Waals surface area contributed by atoms with E-state index in [9.17, 15) is 19.2 Å². The molecule has 8 heteroatoms. The van der Waals surface area contributed by atoms with E-state index in [-0.39, 0.29) is 30.0 Å². The van der Waals surface area contributed by atoms with Crippen LogP contribution in [0, 0.1) is 0 Å². The standard InChI is InChI=1S/C29H27N3O5/c1-17(33)22-10-13-25-24(15-22)27(29(36)32-25)28(21-8-4-20(5-9-21)16-30-18(2)34)31-23-11-6-19(7-12-23)14-26(35)37-3/h4-13,15,31H,14,16H2,1-3H3,(H,30,34)(H,32,36). The fourth-order valence-electron chi connectivity index (χ4n) is 4.02. The first-order chi connectivity index (χ1) is 17.7. The van der Waals surface area contributed by atoms with Crippen LogP contribution in [0.4, 0.5) is 11.4 Å². The van der Waals surface area contributed by atoms with E-state index in [1.54, 1.807) is 18.2 Å². The van der Waals surface area contributed by atoms with Crippen LogP contribution in [0.2, 0.25) is 0 Å². The van der Waals surface area contributed by atoms with Crippen molar-refractivity contribution in [1.82, 2.24) is 5.32 Å². The number of hydrogen-bond acceptors (Lipinski definition) is 6. The van der Waals surface area contributed by atoms with Gasteiger partial charge >= 0.3 is 5.97 Å². The van der Waals surface area contributed by atoms with Gasteiger partial charge in [-0.25, -0.2) is 0 Å². The van der Waals surface area contributed by atoms with Crippen LogP contribution in [-0.2, 0) is 32.1 Å². The van der Waals surface area contributed by atoms with Gasteiger partial charge in [0, 0.05) is 36.0 Å². The monoisotopic (exact) mass is 497 g/mol. The van der Waals surface area contributed by atoms with E-state index in [0.29, 0.717) is 40.3 Å². The summed E-state index contributed by atoms with van der Waals surface area (Å²) in [5, 5.41) is 9.02. The Hall–Kier alpha value is -4.72. The first-order valence-corrected chi connectivity index (χ1v) is 11.7. The lowest BCUT2D eigenvalue weighted by atomic mass is 9.97. The maximum absolute atomic E-state index is 13.2.